The Morgan fingerprint density at radius 3 is 2.94 bits per heavy atom. The maximum absolute atomic E-state index is 11.8. The summed E-state index contributed by atoms with van der Waals surface area (Å²) in [5.41, 5.74) is 1.22. The Hall–Kier alpha value is -2.08. The largest absolute Gasteiger partial charge is 0.376 e. The summed E-state index contributed by atoms with van der Waals surface area (Å²) in [4.78, 5) is 27.0. The van der Waals surface area contributed by atoms with Gasteiger partial charge in [0.25, 0.3) is 5.56 Å². The van der Waals surface area contributed by atoms with E-state index in [1.54, 1.807) is 18.5 Å². The molecule has 2 aromatic rings. The van der Waals surface area contributed by atoms with E-state index in [9.17, 15) is 4.79 Å². The number of rotatable bonds is 1. The lowest BCUT2D eigenvalue weighted by Gasteiger charge is -2.14. The van der Waals surface area contributed by atoms with Crippen LogP contribution in [0, 0.1) is 0 Å². The summed E-state index contributed by atoms with van der Waals surface area (Å²) >= 11 is 0. The van der Waals surface area contributed by atoms with Crippen molar-refractivity contribution in [3.05, 3.63) is 40.1 Å². The standard InChI is InChI=1S/C11H10N4O2/c16-11-7-6-17-5-2-8(7)14-10(15-11)9-12-3-1-4-13-9/h1,3-4H,2,5-6H2,(H,14,15,16). The third kappa shape index (κ3) is 1.83. The number of H-pyrrole nitrogens is 1. The molecule has 0 aliphatic carbocycles. The van der Waals surface area contributed by atoms with Crippen molar-refractivity contribution < 1.29 is 4.74 Å². The molecule has 17 heavy (non-hydrogen) atoms. The predicted octanol–water partition coefficient (Wildman–Crippen LogP) is 0.300. The monoisotopic (exact) mass is 230 g/mol. The summed E-state index contributed by atoms with van der Waals surface area (Å²) < 4.78 is 5.23. The molecule has 1 N–H and O–H groups in total. The number of ether oxygens (including phenoxy) is 1. The average molecular weight is 230 g/mol. The highest BCUT2D eigenvalue weighted by Gasteiger charge is 2.17. The maximum atomic E-state index is 11.8. The molecule has 1 aliphatic rings. The van der Waals surface area contributed by atoms with Crippen LogP contribution in [0.1, 0.15) is 11.3 Å². The maximum Gasteiger partial charge on any atom is 0.257 e. The Bertz CT molecular complexity index is 594. The van der Waals surface area contributed by atoms with Gasteiger partial charge in [0.1, 0.15) is 0 Å². The summed E-state index contributed by atoms with van der Waals surface area (Å²) in [6, 6.07) is 1.72. The van der Waals surface area contributed by atoms with Crippen LogP contribution in [0.25, 0.3) is 11.6 Å². The number of nitrogens with zero attached hydrogens (tertiary/aromatic N) is 3. The highest BCUT2D eigenvalue weighted by Crippen LogP contribution is 2.13. The van der Waals surface area contributed by atoms with Gasteiger partial charge in [0.2, 0.25) is 0 Å². The normalized spacial score (nSPS) is 14.4. The molecular formula is C11H10N4O2. The van der Waals surface area contributed by atoms with Crippen LogP contribution in [-0.4, -0.2) is 26.5 Å². The SMILES string of the molecule is O=c1[nH]c(-c2ncccn2)nc2c1COCC2. The van der Waals surface area contributed by atoms with Crippen molar-refractivity contribution in [1.29, 1.82) is 0 Å². The Kier molecular flexibility index (Phi) is 2.41. The van der Waals surface area contributed by atoms with Crippen LogP contribution in [0.15, 0.2) is 23.3 Å². The number of aromatic amines is 1. The van der Waals surface area contributed by atoms with Gasteiger partial charge in [-0.25, -0.2) is 15.0 Å². The molecular weight excluding hydrogens is 220 g/mol. The van der Waals surface area contributed by atoms with Crippen LogP contribution in [-0.2, 0) is 17.8 Å². The number of aromatic nitrogens is 4. The van der Waals surface area contributed by atoms with E-state index in [0.717, 1.165) is 5.69 Å². The molecule has 0 atom stereocenters. The van der Waals surface area contributed by atoms with Crippen molar-refractivity contribution in [2.45, 2.75) is 13.0 Å². The van der Waals surface area contributed by atoms with Crippen molar-refractivity contribution in [1.82, 2.24) is 19.9 Å². The van der Waals surface area contributed by atoms with E-state index in [1.165, 1.54) is 0 Å². The minimum absolute atomic E-state index is 0.169. The summed E-state index contributed by atoms with van der Waals surface area (Å²) in [5, 5.41) is 0. The first-order valence-electron chi connectivity index (χ1n) is 5.32. The van der Waals surface area contributed by atoms with Gasteiger partial charge >= 0.3 is 0 Å². The zero-order valence-corrected chi connectivity index (χ0v) is 9.01. The highest BCUT2D eigenvalue weighted by molar-refractivity contribution is 5.43. The number of hydrogen-bond acceptors (Lipinski definition) is 5. The van der Waals surface area contributed by atoms with Gasteiger partial charge in [0, 0.05) is 18.8 Å². The average Bonchev–Trinajstić information content (AvgIpc) is 2.40. The molecule has 0 radical (unpaired) electrons. The van der Waals surface area contributed by atoms with Crippen LogP contribution < -0.4 is 5.56 Å². The predicted molar refractivity (Wildman–Crippen MR) is 59.2 cm³/mol. The molecule has 0 unspecified atom stereocenters. The van der Waals surface area contributed by atoms with E-state index in [0.29, 0.717) is 36.8 Å². The summed E-state index contributed by atoms with van der Waals surface area (Å²) in [7, 11) is 0. The molecule has 86 valence electrons. The minimum Gasteiger partial charge on any atom is -0.376 e. The summed E-state index contributed by atoms with van der Waals surface area (Å²) in [5.74, 6) is 0.843. The van der Waals surface area contributed by atoms with Crippen LogP contribution in [0.3, 0.4) is 0 Å². The topological polar surface area (TPSA) is 80.8 Å². The van der Waals surface area contributed by atoms with Gasteiger partial charge in [-0.2, -0.15) is 0 Å². The smallest absolute Gasteiger partial charge is 0.257 e. The summed E-state index contributed by atoms with van der Waals surface area (Å²) in [6.45, 7) is 0.923. The Labute approximate surface area is 96.7 Å². The molecule has 0 saturated heterocycles. The Balaban J connectivity index is 2.14. The van der Waals surface area contributed by atoms with Crippen LogP contribution in [0.2, 0.25) is 0 Å². The first-order valence-corrected chi connectivity index (χ1v) is 5.32. The van der Waals surface area contributed by atoms with Crippen molar-refractivity contribution in [3.63, 3.8) is 0 Å². The van der Waals surface area contributed by atoms with Gasteiger partial charge in [-0.05, 0) is 6.07 Å². The summed E-state index contributed by atoms with van der Waals surface area (Å²) in [6.07, 6.45) is 3.88. The molecule has 0 saturated carbocycles. The second-order valence-electron chi connectivity index (χ2n) is 3.71. The lowest BCUT2D eigenvalue weighted by molar-refractivity contribution is 0.108. The molecule has 3 rings (SSSR count). The number of hydrogen-bond donors (Lipinski definition) is 1. The Morgan fingerprint density at radius 2 is 2.12 bits per heavy atom. The molecule has 0 fully saturated rings. The van der Waals surface area contributed by atoms with E-state index < -0.39 is 0 Å². The van der Waals surface area contributed by atoms with Crippen molar-refractivity contribution in [3.8, 4) is 11.6 Å². The first-order chi connectivity index (χ1) is 8.34. The van der Waals surface area contributed by atoms with Gasteiger partial charge in [-0.3, -0.25) is 4.79 Å². The molecule has 0 aromatic carbocycles. The van der Waals surface area contributed by atoms with Crippen molar-refractivity contribution in [2.24, 2.45) is 0 Å². The fourth-order valence-corrected chi connectivity index (χ4v) is 1.77. The van der Waals surface area contributed by atoms with Crippen molar-refractivity contribution >= 4 is 0 Å². The molecule has 2 aromatic heterocycles. The lowest BCUT2D eigenvalue weighted by Crippen LogP contribution is -2.24. The van der Waals surface area contributed by atoms with Gasteiger partial charge in [-0.15, -0.1) is 0 Å². The molecule has 1 aliphatic heterocycles. The van der Waals surface area contributed by atoms with E-state index in [-0.39, 0.29) is 5.56 Å². The van der Waals surface area contributed by atoms with E-state index in [4.69, 9.17) is 4.74 Å². The third-order valence-electron chi connectivity index (χ3n) is 2.61. The zero-order valence-electron chi connectivity index (χ0n) is 9.01. The van der Waals surface area contributed by atoms with Crippen LogP contribution in [0.5, 0.6) is 0 Å². The van der Waals surface area contributed by atoms with E-state index in [2.05, 4.69) is 19.9 Å². The van der Waals surface area contributed by atoms with Crippen LogP contribution in [0.4, 0.5) is 0 Å². The molecule has 3 heterocycles. The number of fused-ring (bicyclic) bond motifs is 1. The Morgan fingerprint density at radius 1 is 1.29 bits per heavy atom. The van der Waals surface area contributed by atoms with Gasteiger partial charge in [0.05, 0.1) is 24.5 Å². The molecule has 0 bridgehead atoms. The first kappa shape index (κ1) is 10.1. The minimum atomic E-state index is -0.169. The van der Waals surface area contributed by atoms with E-state index in [1.807, 2.05) is 0 Å². The molecule has 0 spiro atoms. The zero-order chi connectivity index (χ0) is 11.7. The molecule has 6 heteroatoms. The highest BCUT2D eigenvalue weighted by atomic mass is 16.5. The molecule has 0 amide bonds. The van der Waals surface area contributed by atoms with Crippen LogP contribution >= 0.6 is 0 Å². The second-order valence-corrected chi connectivity index (χ2v) is 3.71. The fourth-order valence-electron chi connectivity index (χ4n) is 1.77. The van der Waals surface area contributed by atoms with Gasteiger partial charge in [0.15, 0.2) is 11.6 Å². The fraction of sp³-hybridized carbons (Fsp3) is 0.273. The number of nitrogens with one attached hydrogen (secondary N) is 1. The van der Waals surface area contributed by atoms with E-state index >= 15 is 0 Å². The third-order valence-corrected chi connectivity index (χ3v) is 2.61. The van der Waals surface area contributed by atoms with Crippen molar-refractivity contribution in [2.75, 3.05) is 6.61 Å². The van der Waals surface area contributed by atoms with Gasteiger partial charge < -0.3 is 9.72 Å². The quantitative estimate of drug-likeness (QED) is 0.762. The lowest BCUT2D eigenvalue weighted by atomic mass is 10.1. The van der Waals surface area contributed by atoms with Gasteiger partial charge in [-0.1, -0.05) is 0 Å². The molecule has 6 nitrogen and oxygen atoms in total. The second kappa shape index (κ2) is 4.06.